The van der Waals surface area contributed by atoms with E-state index in [9.17, 15) is 0 Å². The number of rotatable bonds is 0. The fourth-order valence-electron chi connectivity index (χ4n) is 1.18. The molecule has 2 nitrogen and oxygen atoms in total. The first-order valence-corrected chi connectivity index (χ1v) is 3.73. The van der Waals surface area contributed by atoms with Gasteiger partial charge in [-0.1, -0.05) is 23.7 Å². The Balaban J connectivity index is 2.96. The molecule has 0 saturated carbocycles. The number of fused-ring (bicyclic) bond motifs is 1. The van der Waals surface area contributed by atoms with Crippen LogP contribution in [0, 0.1) is 0 Å². The molecule has 0 saturated heterocycles. The molecule has 0 fully saturated rings. The zero-order valence-corrected chi connectivity index (χ0v) is 6.84. The molecule has 56 valence electrons. The predicted molar refractivity (Wildman–Crippen MR) is 45.7 cm³/mol. The maximum Gasteiger partial charge on any atom is 0.0865 e. The molecule has 0 aliphatic carbocycles. The van der Waals surface area contributed by atoms with Gasteiger partial charge in [-0.25, -0.2) is 0 Å². The maximum absolute atomic E-state index is 5.94. The lowest BCUT2D eigenvalue weighted by Gasteiger charge is -1.95. The van der Waals surface area contributed by atoms with Crippen LogP contribution in [0.1, 0.15) is 0 Å². The molecule has 0 bridgehead atoms. The quantitative estimate of drug-likeness (QED) is 0.587. The van der Waals surface area contributed by atoms with E-state index in [1.807, 2.05) is 25.2 Å². The molecule has 2 rings (SSSR count). The van der Waals surface area contributed by atoms with Crippen LogP contribution in [0.4, 0.5) is 0 Å². The molecule has 0 amide bonds. The first-order valence-electron chi connectivity index (χ1n) is 3.35. The third kappa shape index (κ3) is 0.906. The molecule has 0 spiro atoms. The van der Waals surface area contributed by atoms with Gasteiger partial charge >= 0.3 is 0 Å². The highest BCUT2D eigenvalue weighted by atomic mass is 35.5. The van der Waals surface area contributed by atoms with Crippen molar-refractivity contribution in [1.29, 1.82) is 0 Å². The molecule has 11 heavy (non-hydrogen) atoms. The first kappa shape index (κ1) is 6.68. The summed E-state index contributed by atoms with van der Waals surface area (Å²) >= 11 is 5.94. The summed E-state index contributed by atoms with van der Waals surface area (Å²) in [6.45, 7) is 0. The Bertz CT molecular complexity index is 392. The number of halogens is 1. The van der Waals surface area contributed by atoms with E-state index in [4.69, 9.17) is 11.6 Å². The monoisotopic (exact) mass is 166 g/mol. The van der Waals surface area contributed by atoms with Gasteiger partial charge in [-0.05, 0) is 6.07 Å². The van der Waals surface area contributed by atoms with E-state index in [1.54, 1.807) is 10.9 Å². The summed E-state index contributed by atoms with van der Waals surface area (Å²) in [6, 6.07) is 5.78. The van der Waals surface area contributed by atoms with Crippen molar-refractivity contribution < 1.29 is 0 Å². The fourth-order valence-corrected chi connectivity index (χ4v) is 1.49. The molecule has 1 heterocycles. The van der Waals surface area contributed by atoms with Gasteiger partial charge in [0.2, 0.25) is 0 Å². The summed E-state index contributed by atoms with van der Waals surface area (Å²) < 4.78 is 1.78. The molecule has 0 atom stereocenters. The van der Waals surface area contributed by atoms with Gasteiger partial charge < -0.3 is 0 Å². The lowest BCUT2D eigenvalue weighted by molar-refractivity contribution is 0.797. The zero-order valence-electron chi connectivity index (χ0n) is 6.08. The van der Waals surface area contributed by atoms with Gasteiger partial charge in [0.25, 0.3) is 0 Å². The van der Waals surface area contributed by atoms with Gasteiger partial charge in [0.1, 0.15) is 0 Å². The highest BCUT2D eigenvalue weighted by Gasteiger charge is 2.01. The number of hydrogen-bond acceptors (Lipinski definition) is 1. The van der Waals surface area contributed by atoms with Gasteiger partial charge in [0.15, 0.2) is 0 Å². The van der Waals surface area contributed by atoms with Crippen molar-refractivity contribution in [1.82, 2.24) is 9.78 Å². The van der Waals surface area contributed by atoms with E-state index in [-0.39, 0.29) is 0 Å². The van der Waals surface area contributed by atoms with Crippen LogP contribution in [0.2, 0.25) is 5.02 Å². The largest absolute Gasteiger partial charge is 0.266 e. The molecule has 0 N–H and O–H groups in total. The third-order valence-corrected chi connectivity index (χ3v) is 2.02. The standard InChI is InChI=1S/C8H7ClN2/c1-11-8-6(5-10-11)3-2-4-7(8)9/h2-5H,1H3. The average Bonchev–Trinajstić information content (AvgIpc) is 2.34. The highest BCUT2D eigenvalue weighted by Crippen LogP contribution is 2.21. The number of aryl methyl sites for hydroxylation is 1. The summed E-state index contributed by atoms with van der Waals surface area (Å²) in [5, 5.41) is 5.92. The van der Waals surface area contributed by atoms with Crippen LogP contribution in [0.3, 0.4) is 0 Å². The summed E-state index contributed by atoms with van der Waals surface area (Å²) in [5.41, 5.74) is 0.995. The first-order chi connectivity index (χ1) is 5.29. The Morgan fingerprint density at radius 3 is 3.00 bits per heavy atom. The Kier molecular flexibility index (Phi) is 1.36. The van der Waals surface area contributed by atoms with Gasteiger partial charge in [-0.2, -0.15) is 5.10 Å². The zero-order chi connectivity index (χ0) is 7.84. The van der Waals surface area contributed by atoms with E-state index in [0.717, 1.165) is 15.9 Å². The highest BCUT2D eigenvalue weighted by molar-refractivity contribution is 6.35. The molecule has 0 radical (unpaired) electrons. The van der Waals surface area contributed by atoms with Gasteiger partial charge in [0, 0.05) is 12.4 Å². The number of para-hydroxylation sites is 1. The second-order valence-electron chi connectivity index (χ2n) is 2.45. The van der Waals surface area contributed by atoms with Gasteiger partial charge in [0.05, 0.1) is 16.7 Å². The third-order valence-electron chi connectivity index (χ3n) is 1.71. The van der Waals surface area contributed by atoms with E-state index in [1.165, 1.54) is 0 Å². The van der Waals surface area contributed by atoms with Gasteiger partial charge in [-0.15, -0.1) is 0 Å². The van der Waals surface area contributed by atoms with Crippen LogP contribution in [-0.4, -0.2) is 9.78 Å². The van der Waals surface area contributed by atoms with Crippen LogP contribution >= 0.6 is 11.6 Å². The minimum Gasteiger partial charge on any atom is -0.266 e. The predicted octanol–water partition coefficient (Wildman–Crippen LogP) is 2.23. The molecule has 1 aromatic heterocycles. The number of aromatic nitrogens is 2. The number of hydrogen-bond donors (Lipinski definition) is 0. The van der Waals surface area contributed by atoms with Gasteiger partial charge in [-0.3, -0.25) is 4.68 Å². The molecular weight excluding hydrogens is 160 g/mol. The SMILES string of the molecule is Cn1ncc2cccc(Cl)c21. The van der Waals surface area contributed by atoms with Crippen LogP contribution in [-0.2, 0) is 7.05 Å². The lowest BCUT2D eigenvalue weighted by Crippen LogP contribution is -1.88. The van der Waals surface area contributed by atoms with Crippen molar-refractivity contribution in [2.24, 2.45) is 7.05 Å². The molecule has 3 heteroatoms. The summed E-state index contributed by atoms with van der Waals surface area (Å²) in [6.07, 6.45) is 1.81. The second kappa shape index (κ2) is 2.24. The van der Waals surface area contributed by atoms with Crippen LogP contribution in [0.5, 0.6) is 0 Å². The summed E-state index contributed by atoms with van der Waals surface area (Å²) in [4.78, 5) is 0. The van der Waals surface area contributed by atoms with Crippen molar-refractivity contribution in [3.05, 3.63) is 29.4 Å². The summed E-state index contributed by atoms with van der Waals surface area (Å²) in [5.74, 6) is 0. The van der Waals surface area contributed by atoms with Crippen molar-refractivity contribution in [2.75, 3.05) is 0 Å². The van der Waals surface area contributed by atoms with Crippen molar-refractivity contribution in [3.8, 4) is 0 Å². The Labute approximate surface area is 69.4 Å². The lowest BCUT2D eigenvalue weighted by atomic mass is 10.3. The Hall–Kier alpha value is -1.02. The van der Waals surface area contributed by atoms with Crippen LogP contribution in [0.15, 0.2) is 24.4 Å². The smallest absolute Gasteiger partial charge is 0.0865 e. The van der Waals surface area contributed by atoms with Crippen molar-refractivity contribution in [3.63, 3.8) is 0 Å². The van der Waals surface area contributed by atoms with Crippen molar-refractivity contribution in [2.45, 2.75) is 0 Å². The Morgan fingerprint density at radius 2 is 2.27 bits per heavy atom. The number of nitrogens with zero attached hydrogens (tertiary/aromatic N) is 2. The minimum atomic E-state index is 0.752. The van der Waals surface area contributed by atoms with E-state index in [2.05, 4.69) is 5.10 Å². The maximum atomic E-state index is 5.94. The summed E-state index contributed by atoms with van der Waals surface area (Å²) in [7, 11) is 1.88. The fraction of sp³-hybridized carbons (Fsp3) is 0.125. The van der Waals surface area contributed by atoms with Crippen LogP contribution in [0.25, 0.3) is 10.9 Å². The topological polar surface area (TPSA) is 17.8 Å². The van der Waals surface area contributed by atoms with E-state index in [0.29, 0.717) is 0 Å². The average molecular weight is 167 g/mol. The second-order valence-corrected chi connectivity index (χ2v) is 2.85. The molecular formula is C8H7ClN2. The molecule has 0 aliphatic rings. The number of benzene rings is 1. The Morgan fingerprint density at radius 1 is 1.45 bits per heavy atom. The van der Waals surface area contributed by atoms with Crippen molar-refractivity contribution >= 4 is 22.5 Å². The van der Waals surface area contributed by atoms with E-state index >= 15 is 0 Å². The molecule has 0 aliphatic heterocycles. The van der Waals surface area contributed by atoms with E-state index < -0.39 is 0 Å². The minimum absolute atomic E-state index is 0.752. The normalized spacial score (nSPS) is 10.7. The molecule has 2 aromatic rings. The molecule has 0 unspecified atom stereocenters. The molecule has 1 aromatic carbocycles. The van der Waals surface area contributed by atoms with Crippen LogP contribution < -0.4 is 0 Å².